The van der Waals surface area contributed by atoms with Gasteiger partial charge in [0.25, 0.3) is 0 Å². The second-order valence-electron chi connectivity index (χ2n) is 18.3. The number of allylic oxidation sites excluding steroid dienone is 18. The van der Waals surface area contributed by atoms with Crippen molar-refractivity contribution in [2.24, 2.45) is 17.8 Å². The molecule has 0 aromatic carbocycles. The maximum atomic E-state index is 2.43. The standard InChI is InChI=1S/C23H40.C18H32.C13H24/c1-19(2)11-8-12-21(5)13-9-14-22(6)15-10-16-23(7)18-17-20(3)4;1-15(2)9-7-10-17(5)11-8-12-18(6)14-13-16(3)4;1-11(2)7-6-8-13(5)10-9-12(3)4/h11,13,15,18,20H,8-10,12,14,16-17H2,1-7H3;9,11,14,16H,7-8,10,12-13H2,1-6H3;7,10,12H,6,8-9H2,1-5H3/b21-13+,22-15+,23-18+;17-11+,18-14+;13-10+. The van der Waals surface area contributed by atoms with E-state index in [1.165, 1.54) is 146 Å². The zero-order chi connectivity index (χ0) is 41.9. The Morgan fingerprint density at radius 2 is 0.426 bits per heavy atom. The van der Waals surface area contributed by atoms with Crippen molar-refractivity contribution in [2.45, 2.75) is 221 Å². The van der Waals surface area contributed by atoms with E-state index in [2.05, 4.69) is 179 Å². The van der Waals surface area contributed by atoms with Gasteiger partial charge in [-0.15, -0.1) is 0 Å². The predicted molar refractivity (Wildman–Crippen MR) is 255 cm³/mol. The van der Waals surface area contributed by atoms with E-state index in [0.717, 1.165) is 17.8 Å². The van der Waals surface area contributed by atoms with Crippen molar-refractivity contribution in [3.63, 3.8) is 0 Å². The lowest BCUT2D eigenvalue weighted by Crippen LogP contribution is -1.85. The van der Waals surface area contributed by atoms with Crippen LogP contribution in [0.1, 0.15) is 221 Å². The van der Waals surface area contributed by atoms with Crippen LogP contribution in [-0.4, -0.2) is 0 Å². The van der Waals surface area contributed by atoms with Crippen molar-refractivity contribution >= 4 is 0 Å². The van der Waals surface area contributed by atoms with Crippen LogP contribution in [0.4, 0.5) is 0 Å². The average molecular weight is 745 g/mol. The molecule has 0 saturated heterocycles. The van der Waals surface area contributed by atoms with Gasteiger partial charge in [-0.25, -0.2) is 0 Å². The van der Waals surface area contributed by atoms with Crippen molar-refractivity contribution in [2.75, 3.05) is 0 Å². The summed E-state index contributed by atoms with van der Waals surface area (Å²) in [7, 11) is 0. The molecule has 0 aromatic heterocycles. The molecular formula is C54H96. The summed E-state index contributed by atoms with van der Waals surface area (Å²) in [5, 5.41) is 0. The topological polar surface area (TPSA) is 0 Å². The van der Waals surface area contributed by atoms with Gasteiger partial charge in [-0.05, 0) is 197 Å². The largest absolute Gasteiger partial charge is 0.0856 e. The van der Waals surface area contributed by atoms with E-state index < -0.39 is 0 Å². The Bertz CT molecular complexity index is 1190. The van der Waals surface area contributed by atoms with E-state index in [0.29, 0.717) is 0 Å². The highest BCUT2D eigenvalue weighted by molar-refractivity contribution is 5.08. The molecule has 0 aromatic rings. The van der Waals surface area contributed by atoms with Gasteiger partial charge in [-0.2, -0.15) is 0 Å². The second kappa shape index (κ2) is 37.6. The van der Waals surface area contributed by atoms with Crippen LogP contribution in [0.2, 0.25) is 0 Å². The Morgan fingerprint density at radius 1 is 0.259 bits per heavy atom. The number of hydrogen-bond donors (Lipinski definition) is 0. The van der Waals surface area contributed by atoms with E-state index in [4.69, 9.17) is 0 Å². The van der Waals surface area contributed by atoms with Crippen LogP contribution in [0.5, 0.6) is 0 Å². The molecule has 0 N–H and O–H groups in total. The summed E-state index contributed by atoms with van der Waals surface area (Å²) in [4.78, 5) is 0. The molecule has 54 heavy (non-hydrogen) atoms. The highest BCUT2D eigenvalue weighted by Gasteiger charge is 1.96. The zero-order valence-electron chi connectivity index (χ0n) is 40.0. The van der Waals surface area contributed by atoms with Crippen molar-refractivity contribution in [3.05, 3.63) is 105 Å². The third-order valence-corrected chi connectivity index (χ3v) is 9.18. The summed E-state index contributed by atoms with van der Waals surface area (Å²) in [6.45, 7) is 40.2. The maximum absolute atomic E-state index is 2.43. The fraction of sp³-hybridized carbons (Fsp3) is 0.667. The monoisotopic (exact) mass is 745 g/mol. The van der Waals surface area contributed by atoms with E-state index in [1.807, 2.05) is 0 Å². The summed E-state index contributed by atoms with van der Waals surface area (Å²) in [6, 6.07) is 0. The predicted octanol–water partition coefficient (Wildman–Crippen LogP) is 19.4. The average Bonchev–Trinajstić information content (AvgIpc) is 3.05. The van der Waals surface area contributed by atoms with E-state index in [9.17, 15) is 0 Å². The molecule has 0 saturated carbocycles. The van der Waals surface area contributed by atoms with Gasteiger partial charge in [0.15, 0.2) is 0 Å². The Morgan fingerprint density at radius 3 is 0.593 bits per heavy atom. The lowest BCUT2D eigenvalue weighted by molar-refractivity contribution is 0.659. The van der Waals surface area contributed by atoms with Crippen molar-refractivity contribution in [1.82, 2.24) is 0 Å². The number of hydrogen-bond acceptors (Lipinski definition) is 0. The minimum Gasteiger partial charge on any atom is -0.0856 e. The van der Waals surface area contributed by atoms with Gasteiger partial charge < -0.3 is 0 Å². The summed E-state index contributed by atoms with van der Waals surface area (Å²) in [6.07, 6.45) is 39.5. The highest BCUT2D eigenvalue weighted by atomic mass is 14.0. The van der Waals surface area contributed by atoms with Crippen molar-refractivity contribution < 1.29 is 0 Å². The van der Waals surface area contributed by atoms with E-state index >= 15 is 0 Å². The zero-order valence-corrected chi connectivity index (χ0v) is 40.0. The molecule has 0 amide bonds. The van der Waals surface area contributed by atoms with Gasteiger partial charge >= 0.3 is 0 Å². The second-order valence-corrected chi connectivity index (χ2v) is 18.3. The molecular weight excluding hydrogens is 649 g/mol. The molecule has 0 heterocycles. The Kier molecular flexibility index (Phi) is 39.0. The molecule has 0 unspecified atom stereocenters. The first-order valence-corrected chi connectivity index (χ1v) is 22.1. The molecule has 0 radical (unpaired) electrons. The Hall–Kier alpha value is -2.34. The Balaban J connectivity index is -0.000000752. The molecule has 0 fully saturated rings. The van der Waals surface area contributed by atoms with E-state index in [1.54, 1.807) is 0 Å². The fourth-order valence-corrected chi connectivity index (χ4v) is 5.33. The minimum atomic E-state index is 0.772. The number of rotatable bonds is 24. The summed E-state index contributed by atoms with van der Waals surface area (Å²) in [5.74, 6) is 2.34. The lowest BCUT2D eigenvalue weighted by Gasteiger charge is -2.03. The minimum absolute atomic E-state index is 0.772. The summed E-state index contributed by atoms with van der Waals surface area (Å²) >= 11 is 0. The third-order valence-electron chi connectivity index (χ3n) is 9.18. The van der Waals surface area contributed by atoms with Gasteiger partial charge in [0.05, 0.1) is 0 Å². The SMILES string of the molecule is CC(C)=CCC/C(C)=C/CC(C)C.CC(C)=CCC/C(C)=C/CC/C(C)=C/CC(C)C.CC(C)=CCC/C(C)=C/CC/C(C)=C/CC/C(C)=C/CC(C)C. The molecule has 0 aliphatic heterocycles. The molecule has 0 aliphatic rings. The van der Waals surface area contributed by atoms with Gasteiger partial charge in [0.2, 0.25) is 0 Å². The van der Waals surface area contributed by atoms with Crippen LogP contribution < -0.4 is 0 Å². The maximum Gasteiger partial charge on any atom is -0.0288 e. The van der Waals surface area contributed by atoms with Gasteiger partial charge in [-0.3, -0.25) is 0 Å². The molecule has 0 bridgehead atoms. The van der Waals surface area contributed by atoms with Crippen LogP contribution in [0, 0.1) is 17.8 Å². The fourth-order valence-electron chi connectivity index (χ4n) is 5.33. The first-order valence-electron chi connectivity index (χ1n) is 22.1. The Labute approximate surface area is 342 Å². The van der Waals surface area contributed by atoms with E-state index in [-0.39, 0.29) is 0 Å². The molecule has 312 valence electrons. The molecule has 0 atom stereocenters. The first kappa shape index (κ1) is 56.0. The van der Waals surface area contributed by atoms with Crippen molar-refractivity contribution in [1.29, 1.82) is 0 Å². The quantitative estimate of drug-likeness (QED) is 0.0864. The normalized spacial score (nSPS) is 13.1. The molecule has 0 nitrogen and oxygen atoms in total. The highest BCUT2D eigenvalue weighted by Crippen LogP contribution is 2.16. The van der Waals surface area contributed by atoms with Crippen LogP contribution in [0.25, 0.3) is 0 Å². The first-order chi connectivity index (χ1) is 25.2. The van der Waals surface area contributed by atoms with Crippen LogP contribution in [0.15, 0.2) is 105 Å². The molecule has 0 spiro atoms. The van der Waals surface area contributed by atoms with Gasteiger partial charge in [0, 0.05) is 0 Å². The van der Waals surface area contributed by atoms with Crippen LogP contribution >= 0.6 is 0 Å². The van der Waals surface area contributed by atoms with Crippen LogP contribution in [-0.2, 0) is 0 Å². The summed E-state index contributed by atoms with van der Waals surface area (Å²) < 4.78 is 0. The summed E-state index contributed by atoms with van der Waals surface area (Å²) in [5.41, 5.74) is 13.5. The lowest BCUT2D eigenvalue weighted by atomic mass is 10.0. The van der Waals surface area contributed by atoms with Gasteiger partial charge in [-0.1, -0.05) is 146 Å². The molecule has 0 rings (SSSR count). The smallest absolute Gasteiger partial charge is 0.0288 e. The molecule has 0 aliphatic carbocycles. The van der Waals surface area contributed by atoms with Gasteiger partial charge in [0.1, 0.15) is 0 Å². The van der Waals surface area contributed by atoms with Crippen LogP contribution in [0.3, 0.4) is 0 Å². The molecule has 0 heteroatoms. The van der Waals surface area contributed by atoms with Crippen molar-refractivity contribution in [3.8, 4) is 0 Å². The third kappa shape index (κ3) is 49.7.